The molecule has 0 unspecified atom stereocenters. The summed E-state index contributed by atoms with van der Waals surface area (Å²) in [5, 5.41) is 11.1. The predicted molar refractivity (Wildman–Crippen MR) is 115 cm³/mol. The number of aryl methyl sites for hydroxylation is 1. The van der Waals surface area contributed by atoms with E-state index in [-0.39, 0.29) is 29.8 Å². The van der Waals surface area contributed by atoms with Crippen molar-refractivity contribution >= 4 is 29.3 Å². The number of rotatable bonds is 7. The van der Waals surface area contributed by atoms with Crippen molar-refractivity contribution in [3.8, 4) is 0 Å². The van der Waals surface area contributed by atoms with Crippen LogP contribution >= 0.6 is 0 Å². The number of ether oxygens (including phenoxy) is 2. The fraction of sp³-hybridized carbons (Fsp3) is 0.571. The Morgan fingerprint density at radius 3 is 2.06 bits per heavy atom. The first-order valence-electron chi connectivity index (χ1n) is 9.80. The zero-order chi connectivity index (χ0) is 24.1. The molecule has 0 aromatic heterocycles. The highest BCUT2D eigenvalue weighted by atomic mass is 16.6. The van der Waals surface area contributed by atoms with Crippen molar-refractivity contribution in [1.29, 1.82) is 0 Å². The van der Waals surface area contributed by atoms with Gasteiger partial charge >= 0.3 is 18.0 Å². The first-order chi connectivity index (χ1) is 14.0. The van der Waals surface area contributed by atoms with Crippen molar-refractivity contribution in [2.24, 2.45) is 5.73 Å². The quantitative estimate of drug-likeness (QED) is 0.390. The molecule has 1 aromatic carbocycles. The molecule has 0 bridgehead atoms. The summed E-state index contributed by atoms with van der Waals surface area (Å²) in [6.07, 6.45) is -0.278. The van der Waals surface area contributed by atoms with Crippen LogP contribution in [0.4, 0.5) is 16.2 Å². The van der Waals surface area contributed by atoms with E-state index in [1.54, 1.807) is 41.5 Å². The van der Waals surface area contributed by atoms with Crippen molar-refractivity contribution < 1.29 is 28.8 Å². The molecule has 0 heterocycles. The summed E-state index contributed by atoms with van der Waals surface area (Å²) in [4.78, 5) is 48.9. The maximum absolute atomic E-state index is 12.9. The number of amides is 2. The van der Waals surface area contributed by atoms with E-state index in [0.29, 0.717) is 0 Å². The molecular weight excluding hydrogens is 406 g/mol. The first-order valence-corrected chi connectivity index (χ1v) is 9.80. The third-order valence-electron chi connectivity index (χ3n) is 3.93. The average Bonchev–Trinajstić information content (AvgIpc) is 2.54. The lowest BCUT2D eigenvalue weighted by Gasteiger charge is -2.31. The zero-order valence-corrected chi connectivity index (χ0v) is 19.1. The van der Waals surface area contributed by atoms with Gasteiger partial charge in [-0.1, -0.05) is 0 Å². The number of carbonyl (C=O) groups excluding carboxylic acids is 3. The van der Waals surface area contributed by atoms with Gasteiger partial charge in [-0.3, -0.25) is 19.8 Å². The molecule has 1 rings (SSSR count). The van der Waals surface area contributed by atoms with Crippen LogP contribution in [0.3, 0.4) is 0 Å². The smallest absolute Gasteiger partial charge is 0.329 e. The lowest BCUT2D eigenvalue weighted by molar-refractivity contribution is -0.385. The predicted octanol–water partition coefficient (Wildman–Crippen LogP) is 3.62. The molecular formula is C21H31N3O7. The van der Waals surface area contributed by atoms with Gasteiger partial charge in [0.1, 0.15) is 17.2 Å². The summed E-state index contributed by atoms with van der Waals surface area (Å²) in [7, 11) is 0. The van der Waals surface area contributed by atoms with E-state index in [9.17, 15) is 24.5 Å². The summed E-state index contributed by atoms with van der Waals surface area (Å²) < 4.78 is 10.7. The van der Waals surface area contributed by atoms with Crippen LogP contribution in [0.5, 0.6) is 0 Å². The number of nitro groups is 1. The van der Waals surface area contributed by atoms with E-state index >= 15 is 0 Å². The Labute approximate surface area is 181 Å². The minimum absolute atomic E-state index is 0.108. The highest BCUT2D eigenvalue weighted by Gasteiger charge is 2.35. The molecule has 0 aliphatic heterocycles. The van der Waals surface area contributed by atoms with Gasteiger partial charge in [-0.05, 0) is 67.0 Å². The van der Waals surface area contributed by atoms with E-state index in [4.69, 9.17) is 15.2 Å². The Hall–Kier alpha value is -3.17. The molecule has 1 aromatic rings. The lowest BCUT2D eigenvalue weighted by atomic mass is 10.1. The van der Waals surface area contributed by atoms with Crippen LogP contribution in [-0.4, -0.2) is 40.1 Å². The number of hydrogen-bond acceptors (Lipinski definition) is 7. The molecule has 0 aliphatic rings. The van der Waals surface area contributed by atoms with Crippen molar-refractivity contribution in [3.05, 3.63) is 33.9 Å². The molecule has 10 nitrogen and oxygen atoms in total. The van der Waals surface area contributed by atoms with E-state index in [2.05, 4.69) is 0 Å². The monoisotopic (exact) mass is 437 g/mol. The Kier molecular flexibility index (Phi) is 8.14. The van der Waals surface area contributed by atoms with Crippen molar-refractivity contribution in [3.63, 3.8) is 0 Å². The molecule has 31 heavy (non-hydrogen) atoms. The summed E-state index contributed by atoms with van der Waals surface area (Å²) >= 11 is 0. The highest BCUT2D eigenvalue weighted by Crippen LogP contribution is 2.28. The molecule has 0 spiro atoms. The van der Waals surface area contributed by atoms with Crippen molar-refractivity contribution in [2.75, 3.05) is 4.90 Å². The van der Waals surface area contributed by atoms with Crippen LogP contribution in [0, 0.1) is 17.0 Å². The van der Waals surface area contributed by atoms with Gasteiger partial charge in [-0.2, -0.15) is 0 Å². The number of urea groups is 1. The molecule has 0 fully saturated rings. The molecule has 0 aliphatic carbocycles. The fourth-order valence-electron chi connectivity index (χ4n) is 2.82. The third-order valence-corrected chi connectivity index (χ3v) is 3.93. The summed E-state index contributed by atoms with van der Waals surface area (Å²) in [5.74, 6) is -1.31. The van der Waals surface area contributed by atoms with Gasteiger partial charge in [-0.25, -0.2) is 9.59 Å². The maximum atomic E-state index is 12.9. The van der Waals surface area contributed by atoms with E-state index in [1.807, 2.05) is 0 Å². The second-order valence-electron chi connectivity index (χ2n) is 9.11. The Bertz CT molecular complexity index is 854. The largest absolute Gasteiger partial charge is 0.460 e. The molecule has 2 amide bonds. The average molecular weight is 437 g/mol. The maximum Gasteiger partial charge on any atom is 0.329 e. The fourth-order valence-corrected chi connectivity index (χ4v) is 2.82. The molecule has 1 atom stereocenters. The standard InChI is InChI=1S/C21H31N3O7/c1-13-12-14(8-9-15(13)24(28)29)23(19(22)27)16(18(26)31-21(5,6)7)10-11-17(25)30-20(2,3)4/h8-9,12,16H,10-11H2,1-7H3,(H2,22,27)/t16-/m0/s1. The third kappa shape index (κ3) is 8.23. The second kappa shape index (κ2) is 9.76. The zero-order valence-electron chi connectivity index (χ0n) is 19.1. The number of benzene rings is 1. The molecule has 172 valence electrons. The number of nitro benzene ring substituents is 1. The van der Waals surface area contributed by atoms with Crippen LogP contribution in [0.15, 0.2) is 18.2 Å². The van der Waals surface area contributed by atoms with E-state index in [1.165, 1.54) is 25.1 Å². The van der Waals surface area contributed by atoms with Crippen molar-refractivity contribution in [1.82, 2.24) is 0 Å². The SMILES string of the molecule is Cc1cc(N(C(N)=O)[C@@H](CCC(=O)OC(C)(C)C)C(=O)OC(C)(C)C)ccc1[N+](=O)[O-]. The van der Waals surface area contributed by atoms with Crippen LogP contribution in [0.1, 0.15) is 59.9 Å². The van der Waals surface area contributed by atoms with E-state index in [0.717, 1.165) is 4.90 Å². The number of nitrogens with two attached hydrogens (primary N) is 1. The Morgan fingerprint density at radius 1 is 1.10 bits per heavy atom. The van der Waals surface area contributed by atoms with Gasteiger partial charge in [0.05, 0.1) is 4.92 Å². The van der Waals surface area contributed by atoms with Crippen LogP contribution in [0.25, 0.3) is 0 Å². The van der Waals surface area contributed by atoms with Crippen LogP contribution in [0.2, 0.25) is 0 Å². The Balaban J connectivity index is 3.32. The van der Waals surface area contributed by atoms with Crippen LogP contribution < -0.4 is 10.6 Å². The summed E-state index contributed by atoms with van der Waals surface area (Å²) in [5.41, 5.74) is 4.31. The Morgan fingerprint density at radius 2 is 1.65 bits per heavy atom. The van der Waals surface area contributed by atoms with Gasteiger partial charge in [-0.15, -0.1) is 0 Å². The minimum atomic E-state index is -1.23. The molecule has 0 saturated heterocycles. The van der Waals surface area contributed by atoms with Gasteiger partial charge in [0.25, 0.3) is 5.69 Å². The van der Waals surface area contributed by atoms with Gasteiger partial charge in [0.2, 0.25) is 0 Å². The van der Waals surface area contributed by atoms with Gasteiger partial charge in [0.15, 0.2) is 0 Å². The summed E-state index contributed by atoms with van der Waals surface area (Å²) in [6, 6.07) is 1.73. The van der Waals surface area contributed by atoms with Gasteiger partial charge < -0.3 is 15.2 Å². The number of primary amides is 1. The molecule has 0 radical (unpaired) electrons. The second-order valence-corrected chi connectivity index (χ2v) is 9.11. The number of hydrogen-bond donors (Lipinski definition) is 1. The topological polar surface area (TPSA) is 142 Å². The van der Waals surface area contributed by atoms with Crippen LogP contribution in [-0.2, 0) is 19.1 Å². The number of anilines is 1. The number of nitrogens with zero attached hydrogens (tertiary/aromatic N) is 2. The normalized spacial score (nSPS) is 12.6. The minimum Gasteiger partial charge on any atom is -0.460 e. The van der Waals surface area contributed by atoms with Gasteiger partial charge in [0, 0.05) is 23.7 Å². The van der Waals surface area contributed by atoms with E-state index < -0.39 is 40.1 Å². The highest BCUT2D eigenvalue weighted by molar-refractivity contribution is 5.98. The molecule has 0 saturated carbocycles. The molecule has 10 heteroatoms. The van der Waals surface area contributed by atoms with Crippen molar-refractivity contribution in [2.45, 2.75) is 78.6 Å². The first kappa shape index (κ1) is 25.9. The summed E-state index contributed by atoms with van der Waals surface area (Å²) in [6.45, 7) is 11.6. The molecule has 2 N–H and O–H groups in total. The number of esters is 2. The lowest BCUT2D eigenvalue weighted by Crippen LogP contribution is -2.50. The number of carbonyl (C=O) groups is 3.